The van der Waals surface area contributed by atoms with Gasteiger partial charge in [0.15, 0.2) is 0 Å². The van der Waals surface area contributed by atoms with Gasteiger partial charge in [-0.25, -0.2) is 8.42 Å². The van der Waals surface area contributed by atoms with Gasteiger partial charge < -0.3 is 10.2 Å². The van der Waals surface area contributed by atoms with Crippen molar-refractivity contribution in [2.75, 3.05) is 32.7 Å². The molecule has 0 radical (unpaired) electrons. The summed E-state index contributed by atoms with van der Waals surface area (Å²) in [4.78, 5) is 24.8. The number of amides is 2. The number of nitrogens with one attached hydrogen (secondary N) is 1. The lowest BCUT2D eigenvalue weighted by Gasteiger charge is -2.34. The van der Waals surface area contributed by atoms with E-state index in [9.17, 15) is 18.0 Å². The molecule has 2 rings (SSSR count). The second-order valence-corrected chi connectivity index (χ2v) is 7.77. The van der Waals surface area contributed by atoms with Crippen molar-refractivity contribution < 1.29 is 18.0 Å². The molecule has 0 aromatic heterocycles. The monoisotopic (exact) mass is 353 g/mol. The van der Waals surface area contributed by atoms with E-state index >= 15 is 0 Å². The molecule has 1 N–H and O–H groups in total. The van der Waals surface area contributed by atoms with Crippen LogP contribution in [0.2, 0.25) is 0 Å². The van der Waals surface area contributed by atoms with Crippen LogP contribution in [-0.4, -0.2) is 62.2 Å². The van der Waals surface area contributed by atoms with Crippen molar-refractivity contribution in [3.05, 3.63) is 29.8 Å². The van der Waals surface area contributed by atoms with Crippen LogP contribution < -0.4 is 5.32 Å². The molecule has 0 atom stereocenters. The maximum atomic E-state index is 12.6. The van der Waals surface area contributed by atoms with E-state index in [0.29, 0.717) is 19.6 Å². The fourth-order valence-electron chi connectivity index (χ4n) is 2.54. The molecule has 1 heterocycles. The van der Waals surface area contributed by atoms with Gasteiger partial charge in [0.1, 0.15) is 0 Å². The number of benzene rings is 1. The summed E-state index contributed by atoms with van der Waals surface area (Å²) in [5.74, 6) is -0.243. The van der Waals surface area contributed by atoms with Crippen molar-refractivity contribution in [1.29, 1.82) is 0 Å². The van der Waals surface area contributed by atoms with Gasteiger partial charge in [0, 0.05) is 46.1 Å². The molecule has 1 aliphatic heterocycles. The molecule has 132 valence electrons. The number of rotatable bonds is 5. The van der Waals surface area contributed by atoms with Crippen molar-refractivity contribution in [1.82, 2.24) is 14.5 Å². The van der Waals surface area contributed by atoms with Gasteiger partial charge in [0.05, 0.1) is 4.90 Å². The van der Waals surface area contributed by atoms with Crippen molar-refractivity contribution in [2.24, 2.45) is 0 Å². The van der Waals surface area contributed by atoms with E-state index < -0.39 is 10.0 Å². The third-order valence-electron chi connectivity index (χ3n) is 3.96. The number of carbonyl (C=O) groups is 2. The fraction of sp³-hybridized carbons (Fsp3) is 0.500. The molecular formula is C16H23N3O4S. The average molecular weight is 353 g/mol. The van der Waals surface area contributed by atoms with Crippen molar-refractivity contribution in [3.63, 3.8) is 0 Å². The van der Waals surface area contributed by atoms with E-state index in [-0.39, 0.29) is 36.2 Å². The molecule has 1 saturated heterocycles. The second-order valence-electron chi connectivity index (χ2n) is 5.83. The molecule has 1 aliphatic rings. The maximum Gasteiger partial charge on any atom is 0.243 e. The van der Waals surface area contributed by atoms with E-state index in [1.54, 1.807) is 29.2 Å². The Labute approximate surface area is 142 Å². The molecule has 1 fully saturated rings. The molecule has 1 aromatic carbocycles. The van der Waals surface area contributed by atoms with Crippen LogP contribution in [0.1, 0.15) is 18.9 Å². The smallest absolute Gasteiger partial charge is 0.243 e. The van der Waals surface area contributed by atoms with Gasteiger partial charge in [-0.05, 0) is 19.1 Å². The first-order valence-corrected chi connectivity index (χ1v) is 9.34. The SMILES string of the molecule is CC(=O)NCCC(=O)N1CCN(S(=O)(=O)c2ccc(C)cc2)CC1. The van der Waals surface area contributed by atoms with Crippen LogP contribution in [0.3, 0.4) is 0 Å². The lowest BCUT2D eigenvalue weighted by molar-refractivity contribution is -0.132. The van der Waals surface area contributed by atoms with Crippen LogP contribution in [0.25, 0.3) is 0 Å². The zero-order valence-electron chi connectivity index (χ0n) is 14.0. The van der Waals surface area contributed by atoms with Crippen LogP contribution in [0.4, 0.5) is 0 Å². The largest absolute Gasteiger partial charge is 0.356 e. The van der Waals surface area contributed by atoms with Crippen molar-refractivity contribution >= 4 is 21.8 Å². The van der Waals surface area contributed by atoms with Gasteiger partial charge >= 0.3 is 0 Å². The highest BCUT2D eigenvalue weighted by Crippen LogP contribution is 2.18. The van der Waals surface area contributed by atoms with Crippen LogP contribution in [0, 0.1) is 6.92 Å². The molecule has 0 bridgehead atoms. The Hall–Kier alpha value is -1.93. The van der Waals surface area contributed by atoms with Crippen LogP contribution >= 0.6 is 0 Å². The van der Waals surface area contributed by atoms with E-state index in [4.69, 9.17) is 0 Å². The first-order valence-electron chi connectivity index (χ1n) is 7.90. The first kappa shape index (κ1) is 18.4. The lowest BCUT2D eigenvalue weighted by Crippen LogP contribution is -2.50. The number of aryl methyl sites for hydroxylation is 1. The number of hydrogen-bond donors (Lipinski definition) is 1. The Balaban J connectivity index is 1.91. The van der Waals surface area contributed by atoms with E-state index in [1.165, 1.54) is 11.2 Å². The number of nitrogens with zero attached hydrogens (tertiary/aromatic N) is 2. The molecule has 7 nitrogen and oxygen atoms in total. The Morgan fingerprint density at radius 2 is 1.67 bits per heavy atom. The molecule has 0 spiro atoms. The van der Waals surface area contributed by atoms with E-state index in [1.807, 2.05) is 6.92 Å². The minimum Gasteiger partial charge on any atom is -0.356 e. The first-order chi connectivity index (χ1) is 11.3. The molecular weight excluding hydrogens is 330 g/mol. The molecule has 8 heteroatoms. The zero-order valence-corrected chi connectivity index (χ0v) is 14.8. The van der Waals surface area contributed by atoms with E-state index in [0.717, 1.165) is 5.56 Å². The highest BCUT2D eigenvalue weighted by atomic mass is 32.2. The number of piperazine rings is 1. The predicted molar refractivity (Wildman–Crippen MR) is 89.8 cm³/mol. The van der Waals surface area contributed by atoms with Crippen LogP contribution in [-0.2, 0) is 19.6 Å². The Morgan fingerprint density at radius 1 is 1.08 bits per heavy atom. The van der Waals surface area contributed by atoms with Crippen molar-refractivity contribution in [3.8, 4) is 0 Å². The normalized spacial score (nSPS) is 16.0. The van der Waals surface area contributed by atoms with E-state index in [2.05, 4.69) is 5.32 Å². The van der Waals surface area contributed by atoms with Gasteiger partial charge in [-0.2, -0.15) is 4.31 Å². The topological polar surface area (TPSA) is 86.8 Å². The van der Waals surface area contributed by atoms with Gasteiger partial charge in [0.25, 0.3) is 0 Å². The highest BCUT2D eigenvalue weighted by Gasteiger charge is 2.29. The lowest BCUT2D eigenvalue weighted by atomic mass is 10.2. The Kier molecular flexibility index (Phi) is 5.95. The molecule has 24 heavy (non-hydrogen) atoms. The minimum atomic E-state index is -3.52. The Morgan fingerprint density at radius 3 is 2.21 bits per heavy atom. The molecule has 1 aromatic rings. The summed E-state index contributed by atoms with van der Waals surface area (Å²) in [5.41, 5.74) is 1.00. The highest BCUT2D eigenvalue weighted by molar-refractivity contribution is 7.89. The molecule has 0 aliphatic carbocycles. The maximum absolute atomic E-state index is 12.6. The predicted octanol–water partition coefficient (Wildman–Crippen LogP) is 0.354. The van der Waals surface area contributed by atoms with Crippen LogP contribution in [0.5, 0.6) is 0 Å². The second kappa shape index (κ2) is 7.76. The Bertz CT molecular complexity index is 693. The number of sulfonamides is 1. The third-order valence-corrected chi connectivity index (χ3v) is 5.88. The third kappa shape index (κ3) is 4.55. The van der Waals surface area contributed by atoms with Crippen LogP contribution in [0.15, 0.2) is 29.2 Å². The van der Waals surface area contributed by atoms with Crippen molar-refractivity contribution in [2.45, 2.75) is 25.2 Å². The zero-order chi connectivity index (χ0) is 17.7. The van der Waals surface area contributed by atoms with Gasteiger partial charge in [-0.3, -0.25) is 9.59 Å². The summed E-state index contributed by atoms with van der Waals surface area (Å²) < 4.78 is 26.6. The summed E-state index contributed by atoms with van der Waals surface area (Å²) in [6.45, 7) is 4.90. The minimum absolute atomic E-state index is 0.0730. The summed E-state index contributed by atoms with van der Waals surface area (Å²) in [6.07, 6.45) is 0.226. The quantitative estimate of drug-likeness (QED) is 0.828. The molecule has 2 amide bonds. The molecule has 0 unspecified atom stereocenters. The fourth-order valence-corrected chi connectivity index (χ4v) is 3.96. The number of carbonyl (C=O) groups excluding carboxylic acids is 2. The van der Waals surface area contributed by atoms with Gasteiger partial charge in [0.2, 0.25) is 21.8 Å². The standard InChI is InChI=1S/C16H23N3O4S/c1-13-3-5-15(6-4-13)24(22,23)19-11-9-18(10-12-19)16(21)7-8-17-14(2)20/h3-6H,7-12H2,1-2H3,(H,17,20). The number of hydrogen-bond acceptors (Lipinski definition) is 4. The average Bonchev–Trinajstić information content (AvgIpc) is 2.55. The van der Waals surface area contributed by atoms with Gasteiger partial charge in [-0.1, -0.05) is 17.7 Å². The summed E-state index contributed by atoms with van der Waals surface area (Å²) in [6, 6.07) is 6.76. The molecule has 0 saturated carbocycles. The summed E-state index contributed by atoms with van der Waals surface area (Å²) in [5, 5.41) is 2.58. The summed E-state index contributed by atoms with van der Waals surface area (Å²) in [7, 11) is -3.52. The summed E-state index contributed by atoms with van der Waals surface area (Å²) >= 11 is 0. The van der Waals surface area contributed by atoms with Gasteiger partial charge in [-0.15, -0.1) is 0 Å².